The van der Waals surface area contributed by atoms with Gasteiger partial charge in [-0.25, -0.2) is 0 Å². The summed E-state index contributed by atoms with van der Waals surface area (Å²) in [6, 6.07) is 0. The molecule has 0 aliphatic heterocycles. The van der Waals surface area contributed by atoms with Gasteiger partial charge in [0.2, 0.25) is 5.75 Å². The van der Waals surface area contributed by atoms with Crippen molar-refractivity contribution in [2.45, 2.75) is 0 Å². The maximum Gasteiger partial charge on any atom is 0.430 e. The van der Waals surface area contributed by atoms with Crippen molar-refractivity contribution in [1.29, 1.82) is 0 Å². The largest absolute Gasteiger partial charge is 0.489 e. The Bertz CT molecular complexity index is 584. The van der Waals surface area contributed by atoms with Crippen LogP contribution < -0.4 is 14.2 Å². The second-order valence-electron chi connectivity index (χ2n) is 3.42. The lowest BCUT2D eigenvalue weighted by molar-refractivity contribution is -0.441. The molecule has 0 aromatic heterocycles. The van der Waals surface area contributed by atoms with Crippen molar-refractivity contribution in [3.63, 3.8) is 0 Å². The quantitative estimate of drug-likeness (QED) is 0.559. The number of rotatable bonds is 6. The van der Waals surface area contributed by atoms with Crippen LogP contribution >= 0.6 is 0 Å². The van der Waals surface area contributed by atoms with Gasteiger partial charge < -0.3 is 14.2 Å². The summed E-state index contributed by atoms with van der Waals surface area (Å²) in [5.74, 6) is -1.77. The van der Waals surface area contributed by atoms with E-state index in [-0.39, 0.29) is 0 Å². The highest BCUT2D eigenvalue weighted by Crippen LogP contribution is 2.56. The molecule has 1 rings (SSSR count). The minimum Gasteiger partial charge on any atom is -0.489 e. The van der Waals surface area contributed by atoms with Gasteiger partial charge in [-0.2, -0.15) is 0 Å². The number of hydrogen-bond acceptors (Lipinski definition) is 9. The first-order valence-electron chi connectivity index (χ1n) is 5.10. The fourth-order valence-corrected chi connectivity index (χ4v) is 1.72. The Labute approximate surface area is 116 Å². The maximum atomic E-state index is 11.1. The smallest absolute Gasteiger partial charge is 0.430 e. The van der Waals surface area contributed by atoms with Crippen LogP contribution in [0.4, 0.5) is 17.1 Å². The molecule has 0 saturated carbocycles. The molecule has 0 heterocycles. The third kappa shape index (κ3) is 2.45. The first kappa shape index (κ1) is 15.9. The van der Waals surface area contributed by atoms with Crippen LogP contribution in [0.15, 0.2) is 0 Å². The summed E-state index contributed by atoms with van der Waals surface area (Å²) in [7, 11) is 3.05. The lowest BCUT2D eigenvalue weighted by Gasteiger charge is -2.12. The molecule has 1 aromatic rings. The van der Waals surface area contributed by atoms with Crippen molar-refractivity contribution in [3.8, 4) is 17.2 Å². The van der Waals surface area contributed by atoms with Gasteiger partial charge in [0.1, 0.15) is 0 Å². The summed E-state index contributed by atoms with van der Waals surface area (Å²) in [6.07, 6.45) is 0. The summed E-state index contributed by atoms with van der Waals surface area (Å²) >= 11 is 0. The van der Waals surface area contributed by atoms with Gasteiger partial charge in [-0.15, -0.1) is 0 Å². The molecular weight excluding hydrogens is 294 g/mol. The molecule has 114 valence electrons. The summed E-state index contributed by atoms with van der Waals surface area (Å²) in [4.78, 5) is 29.6. The van der Waals surface area contributed by atoms with Crippen molar-refractivity contribution >= 4 is 17.1 Å². The molecule has 0 amide bonds. The summed E-state index contributed by atoms with van der Waals surface area (Å²) in [6.45, 7) is 0. The Hall–Kier alpha value is -3.18. The van der Waals surface area contributed by atoms with Crippen molar-refractivity contribution in [1.82, 2.24) is 0 Å². The van der Waals surface area contributed by atoms with Crippen molar-refractivity contribution in [2.24, 2.45) is 0 Å². The van der Waals surface area contributed by atoms with Gasteiger partial charge in [0.15, 0.2) is 0 Å². The Morgan fingerprint density at radius 1 is 0.619 bits per heavy atom. The number of hydrogen-bond donors (Lipinski definition) is 0. The van der Waals surface area contributed by atoms with Crippen molar-refractivity contribution in [3.05, 3.63) is 30.3 Å². The molecule has 0 N–H and O–H groups in total. The summed E-state index contributed by atoms with van der Waals surface area (Å²) < 4.78 is 14.2. The third-order valence-corrected chi connectivity index (χ3v) is 2.45. The number of methoxy groups -OCH3 is 3. The predicted octanol–water partition coefficient (Wildman–Crippen LogP) is 1.44. The number of benzene rings is 1. The number of nitrogens with zero attached hydrogens (tertiary/aromatic N) is 3. The minimum atomic E-state index is -1.35. The highest BCUT2D eigenvalue weighted by Gasteiger charge is 2.47. The second-order valence-corrected chi connectivity index (χ2v) is 3.42. The third-order valence-electron chi connectivity index (χ3n) is 2.45. The normalized spacial score (nSPS) is 9.86. The zero-order valence-electron chi connectivity index (χ0n) is 11.0. The zero-order valence-corrected chi connectivity index (χ0v) is 11.0. The van der Waals surface area contributed by atoms with E-state index in [1.807, 2.05) is 0 Å². The fourth-order valence-electron chi connectivity index (χ4n) is 1.72. The Morgan fingerprint density at radius 3 is 1.10 bits per heavy atom. The van der Waals surface area contributed by atoms with E-state index in [4.69, 9.17) is 14.2 Å². The maximum absolute atomic E-state index is 11.1. The van der Waals surface area contributed by atoms with Crippen molar-refractivity contribution in [2.75, 3.05) is 21.3 Å². The lowest BCUT2D eigenvalue weighted by Crippen LogP contribution is -2.07. The molecule has 0 saturated heterocycles. The highest BCUT2D eigenvalue weighted by atomic mass is 16.7. The number of ether oxygens (including phenoxy) is 3. The standard InChI is InChI=1S/C9H9N3O9/c1-19-7-5(11(15)16)4(10(13)14)6(12(17)18)8(20-2)9(7)21-3/h1-3H3. The van der Waals surface area contributed by atoms with E-state index in [0.717, 1.165) is 21.3 Å². The summed E-state index contributed by atoms with van der Waals surface area (Å²) in [5.41, 5.74) is -3.72. The van der Waals surface area contributed by atoms with Gasteiger partial charge in [-0.05, 0) is 0 Å². The topological polar surface area (TPSA) is 157 Å². The van der Waals surface area contributed by atoms with Gasteiger partial charge in [-0.1, -0.05) is 0 Å². The van der Waals surface area contributed by atoms with Crippen LogP contribution in [0.1, 0.15) is 0 Å². The molecule has 0 spiro atoms. The molecular formula is C9H9N3O9. The zero-order chi connectivity index (χ0) is 16.3. The minimum absolute atomic E-state index is 0.482. The molecule has 0 aliphatic rings. The molecule has 0 bridgehead atoms. The van der Waals surface area contributed by atoms with E-state index in [0.29, 0.717) is 0 Å². The van der Waals surface area contributed by atoms with E-state index in [1.165, 1.54) is 0 Å². The predicted molar refractivity (Wildman–Crippen MR) is 66.1 cm³/mol. The summed E-state index contributed by atoms with van der Waals surface area (Å²) in [5, 5.41) is 33.1. The fraction of sp³-hybridized carbons (Fsp3) is 0.333. The van der Waals surface area contributed by atoms with Crippen LogP contribution in [0.2, 0.25) is 0 Å². The van der Waals surface area contributed by atoms with E-state index >= 15 is 0 Å². The monoisotopic (exact) mass is 303 g/mol. The SMILES string of the molecule is COc1c(OC)c([N+](=O)[O-])c([N+](=O)[O-])c([N+](=O)[O-])c1OC. The molecule has 21 heavy (non-hydrogen) atoms. The highest BCUT2D eigenvalue weighted by molar-refractivity contribution is 5.83. The van der Waals surface area contributed by atoms with Crippen LogP contribution in [0.25, 0.3) is 0 Å². The van der Waals surface area contributed by atoms with Gasteiger partial charge in [0, 0.05) is 0 Å². The van der Waals surface area contributed by atoms with Crippen LogP contribution in [-0.2, 0) is 0 Å². The van der Waals surface area contributed by atoms with E-state index < -0.39 is 49.1 Å². The molecule has 12 nitrogen and oxygen atoms in total. The first-order chi connectivity index (χ1) is 9.81. The van der Waals surface area contributed by atoms with Crippen LogP contribution in [0.3, 0.4) is 0 Å². The molecule has 0 unspecified atom stereocenters. The first-order valence-corrected chi connectivity index (χ1v) is 5.10. The van der Waals surface area contributed by atoms with Crippen molar-refractivity contribution < 1.29 is 29.0 Å². The van der Waals surface area contributed by atoms with Gasteiger partial charge in [-0.3, -0.25) is 30.3 Å². The van der Waals surface area contributed by atoms with E-state index in [9.17, 15) is 30.3 Å². The van der Waals surface area contributed by atoms with Gasteiger partial charge in [0.25, 0.3) is 11.5 Å². The van der Waals surface area contributed by atoms with E-state index in [1.54, 1.807) is 0 Å². The van der Waals surface area contributed by atoms with Gasteiger partial charge >= 0.3 is 17.1 Å². The van der Waals surface area contributed by atoms with Gasteiger partial charge in [0.05, 0.1) is 36.1 Å². The molecule has 0 radical (unpaired) electrons. The average Bonchev–Trinajstić information content (AvgIpc) is 2.42. The van der Waals surface area contributed by atoms with Crippen LogP contribution in [0, 0.1) is 30.3 Å². The van der Waals surface area contributed by atoms with E-state index in [2.05, 4.69) is 0 Å². The Kier molecular flexibility index (Phi) is 4.42. The second kappa shape index (κ2) is 5.85. The Balaban J connectivity index is 4.12. The van der Waals surface area contributed by atoms with Crippen LogP contribution in [0.5, 0.6) is 17.2 Å². The Morgan fingerprint density at radius 2 is 0.905 bits per heavy atom. The average molecular weight is 303 g/mol. The molecule has 1 aromatic carbocycles. The molecule has 0 fully saturated rings. The number of nitro groups is 3. The molecule has 0 aliphatic carbocycles. The molecule has 12 heteroatoms. The van der Waals surface area contributed by atoms with Crippen LogP contribution in [-0.4, -0.2) is 36.1 Å². The number of nitro benzene ring substituents is 3. The lowest BCUT2D eigenvalue weighted by atomic mass is 10.1. The molecule has 0 atom stereocenters.